The molecule has 14 heavy (non-hydrogen) atoms. The third-order valence-corrected chi connectivity index (χ3v) is 2.30. The molecule has 3 heteroatoms. The molecule has 1 aromatic heterocycles. The first-order chi connectivity index (χ1) is 6.90. The molecule has 1 unspecified atom stereocenters. The molecule has 1 atom stereocenters. The van der Waals surface area contributed by atoms with Gasteiger partial charge in [0.15, 0.2) is 0 Å². The molecule has 1 aromatic rings. The van der Waals surface area contributed by atoms with Gasteiger partial charge in [-0.2, -0.15) is 0 Å². The van der Waals surface area contributed by atoms with Gasteiger partial charge in [-0.3, -0.25) is 4.98 Å². The van der Waals surface area contributed by atoms with Crippen molar-refractivity contribution >= 4 is 5.71 Å². The van der Waals surface area contributed by atoms with Crippen LogP contribution in [0.3, 0.4) is 0 Å². The quantitative estimate of drug-likeness (QED) is 0.733. The number of oxime groups is 1. The first kappa shape index (κ1) is 9.19. The van der Waals surface area contributed by atoms with E-state index in [1.54, 1.807) is 6.20 Å². The molecule has 0 aliphatic carbocycles. The zero-order valence-corrected chi connectivity index (χ0v) is 8.31. The topological polar surface area (TPSA) is 34.5 Å². The van der Waals surface area contributed by atoms with Crippen molar-refractivity contribution in [3.63, 3.8) is 0 Å². The Labute approximate surface area is 83.8 Å². The van der Waals surface area contributed by atoms with Crippen molar-refractivity contribution in [3.8, 4) is 0 Å². The first-order valence-electron chi connectivity index (χ1n) is 5.04. The van der Waals surface area contributed by atoms with Gasteiger partial charge in [0.1, 0.15) is 11.8 Å². The summed E-state index contributed by atoms with van der Waals surface area (Å²) in [7, 11) is 0. The zero-order valence-electron chi connectivity index (χ0n) is 8.31. The van der Waals surface area contributed by atoms with Gasteiger partial charge < -0.3 is 4.84 Å². The predicted octanol–water partition coefficient (Wildman–Crippen LogP) is 2.37. The van der Waals surface area contributed by atoms with Gasteiger partial charge in [-0.15, -0.1) is 0 Å². The minimum atomic E-state index is 0.261. The van der Waals surface area contributed by atoms with Crippen LogP contribution in [-0.2, 0) is 4.84 Å². The molecule has 0 bridgehead atoms. The van der Waals surface area contributed by atoms with Crippen molar-refractivity contribution in [1.82, 2.24) is 4.98 Å². The Hall–Kier alpha value is -1.38. The summed E-state index contributed by atoms with van der Waals surface area (Å²) >= 11 is 0. The number of aromatic nitrogens is 1. The van der Waals surface area contributed by atoms with Crippen LogP contribution in [0.15, 0.2) is 29.6 Å². The van der Waals surface area contributed by atoms with Crippen LogP contribution in [0.4, 0.5) is 0 Å². The maximum atomic E-state index is 5.31. The molecule has 3 nitrogen and oxygen atoms in total. The van der Waals surface area contributed by atoms with Crippen LogP contribution < -0.4 is 0 Å². The Morgan fingerprint density at radius 3 is 3.14 bits per heavy atom. The highest BCUT2D eigenvalue weighted by Crippen LogP contribution is 2.18. The minimum absolute atomic E-state index is 0.261. The van der Waals surface area contributed by atoms with Crippen LogP contribution in [0, 0.1) is 0 Å². The molecule has 0 spiro atoms. The Kier molecular flexibility index (Phi) is 2.77. The van der Waals surface area contributed by atoms with Crippen LogP contribution in [0.25, 0.3) is 0 Å². The Morgan fingerprint density at radius 1 is 1.50 bits per heavy atom. The summed E-state index contributed by atoms with van der Waals surface area (Å²) in [5.41, 5.74) is 1.91. The molecule has 2 rings (SSSR count). The second-order valence-corrected chi connectivity index (χ2v) is 3.47. The summed E-state index contributed by atoms with van der Waals surface area (Å²) < 4.78 is 0. The summed E-state index contributed by atoms with van der Waals surface area (Å²) in [6, 6.07) is 5.85. The Balaban J connectivity index is 2.02. The monoisotopic (exact) mass is 190 g/mol. The minimum Gasteiger partial charge on any atom is -0.392 e. The second-order valence-electron chi connectivity index (χ2n) is 3.47. The molecule has 0 saturated carbocycles. The summed E-state index contributed by atoms with van der Waals surface area (Å²) in [4.78, 5) is 9.55. The predicted molar refractivity (Wildman–Crippen MR) is 55.2 cm³/mol. The van der Waals surface area contributed by atoms with E-state index in [4.69, 9.17) is 4.84 Å². The summed E-state index contributed by atoms with van der Waals surface area (Å²) in [6.07, 6.45) is 5.14. The van der Waals surface area contributed by atoms with E-state index in [0.717, 1.165) is 30.7 Å². The number of nitrogens with zero attached hydrogens (tertiary/aromatic N) is 2. The molecule has 2 heterocycles. The highest BCUT2D eigenvalue weighted by Gasteiger charge is 2.21. The molecule has 0 fully saturated rings. The van der Waals surface area contributed by atoms with Crippen LogP contribution in [0.2, 0.25) is 0 Å². The van der Waals surface area contributed by atoms with Gasteiger partial charge in [0.2, 0.25) is 0 Å². The van der Waals surface area contributed by atoms with Gasteiger partial charge in [0, 0.05) is 12.6 Å². The fourth-order valence-corrected chi connectivity index (χ4v) is 1.59. The first-order valence-corrected chi connectivity index (χ1v) is 5.04. The number of hydrogen-bond acceptors (Lipinski definition) is 3. The average Bonchev–Trinajstić information content (AvgIpc) is 2.68. The zero-order chi connectivity index (χ0) is 9.80. The normalized spacial score (nSPS) is 20.4. The van der Waals surface area contributed by atoms with Crippen LogP contribution in [0.1, 0.15) is 31.9 Å². The smallest absolute Gasteiger partial charge is 0.133 e. The standard InChI is InChI=1S/C11H14N2O/c1-2-5-9-8-11(13-14-9)10-6-3-4-7-12-10/h3-4,6-7,9H,2,5,8H2,1H3. The maximum Gasteiger partial charge on any atom is 0.133 e. The molecule has 1 aliphatic heterocycles. The van der Waals surface area contributed by atoms with Gasteiger partial charge in [-0.05, 0) is 18.6 Å². The van der Waals surface area contributed by atoms with E-state index in [2.05, 4.69) is 17.1 Å². The van der Waals surface area contributed by atoms with Crippen molar-refractivity contribution in [2.45, 2.75) is 32.3 Å². The van der Waals surface area contributed by atoms with Crippen molar-refractivity contribution in [2.24, 2.45) is 5.16 Å². The molecule has 0 radical (unpaired) electrons. The SMILES string of the molecule is CCCC1CC(c2ccccn2)=NO1. The van der Waals surface area contributed by atoms with Crippen LogP contribution >= 0.6 is 0 Å². The lowest BCUT2D eigenvalue weighted by molar-refractivity contribution is 0.0786. The molecule has 1 aliphatic rings. The lowest BCUT2D eigenvalue weighted by atomic mass is 10.1. The van der Waals surface area contributed by atoms with E-state index in [1.807, 2.05) is 18.2 Å². The van der Waals surface area contributed by atoms with E-state index in [0.29, 0.717) is 0 Å². The van der Waals surface area contributed by atoms with E-state index >= 15 is 0 Å². The number of hydrogen-bond donors (Lipinski definition) is 0. The van der Waals surface area contributed by atoms with Crippen molar-refractivity contribution in [3.05, 3.63) is 30.1 Å². The maximum absolute atomic E-state index is 5.31. The Morgan fingerprint density at radius 2 is 2.43 bits per heavy atom. The summed E-state index contributed by atoms with van der Waals surface area (Å²) in [6.45, 7) is 2.15. The fourth-order valence-electron chi connectivity index (χ4n) is 1.59. The lowest BCUT2D eigenvalue weighted by Gasteiger charge is -2.04. The van der Waals surface area contributed by atoms with Gasteiger partial charge in [-0.25, -0.2) is 0 Å². The molecule has 0 amide bonds. The lowest BCUT2D eigenvalue weighted by Crippen LogP contribution is -2.08. The van der Waals surface area contributed by atoms with Crippen LogP contribution in [0.5, 0.6) is 0 Å². The molecular weight excluding hydrogens is 176 g/mol. The second kappa shape index (κ2) is 4.22. The number of rotatable bonds is 3. The van der Waals surface area contributed by atoms with Crippen molar-refractivity contribution in [1.29, 1.82) is 0 Å². The average molecular weight is 190 g/mol. The summed E-state index contributed by atoms with van der Waals surface area (Å²) in [5.74, 6) is 0. The summed E-state index contributed by atoms with van der Waals surface area (Å²) in [5, 5.41) is 4.06. The van der Waals surface area contributed by atoms with Gasteiger partial charge in [0.25, 0.3) is 0 Å². The van der Waals surface area contributed by atoms with Crippen molar-refractivity contribution < 1.29 is 4.84 Å². The molecular formula is C11H14N2O. The molecule has 74 valence electrons. The van der Waals surface area contributed by atoms with E-state index in [1.165, 1.54) is 0 Å². The van der Waals surface area contributed by atoms with Crippen LogP contribution in [-0.4, -0.2) is 16.8 Å². The van der Waals surface area contributed by atoms with E-state index in [9.17, 15) is 0 Å². The van der Waals surface area contributed by atoms with E-state index in [-0.39, 0.29) is 6.10 Å². The highest BCUT2D eigenvalue weighted by atomic mass is 16.6. The van der Waals surface area contributed by atoms with E-state index < -0.39 is 0 Å². The van der Waals surface area contributed by atoms with Crippen molar-refractivity contribution in [2.75, 3.05) is 0 Å². The highest BCUT2D eigenvalue weighted by molar-refractivity contribution is 5.99. The largest absolute Gasteiger partial charge is 0.392 e. The van der Waals surface area contributed by atoms with Gasteiger partial charge >= 0.3 is 0 Å². The number of pyridine rings is 1. The molecule has 0 saturated heterocycles. The third-order valence-electron chi connectivity index (χ3n) is 2.30. The molecule has 0 aromatic carbocycles. The third kappa shape index (κ3) is 1.92. The van der Waals surface area contributed by atoms with Gasteiger partial charge in [-0.1, -0.05) is 24.6 Å². The fraction of sp³-hybridized carbons (Fsp3) is 0.455. The van der Waals surface area contributed by atoms with Gasteiger partial charge in [0.05, 0.1) is 5.69 Å². The molecule has 0 N–H and O–H groups in total. The Bertz CT molecular complexity index is 321.